The highest BCUT2D eigenvalue weighted by Gasteiger charge is 2.42. The molecule has 7 atom stereocenters. The van der Waals surface area contributed by atoms with E-state index in [0.29, 0.717) is 18.5 Å². The lowest BCUT2D eigenvalue weighted by Gasteiger charge is -2.39. The predicted octanol–water partition coefficient (Wildman–Crippen LogP) is 2.27. The Morgan fingerprint density at radius 1 is 0.957 bits per heavy atom. The Bertz CT molecular complexity index is 1180. The molecule has 2 unspecified atom stereocenters. The van der Waals surface area contributed by atoms with Gasteiger partial charge in [0.25, 0.3) is 0 Å². The number of ether oxygens (including phenoxy) is 2. The van der Waals surface area contributed by atoms with E-state index in [0.717, 1.165) is 12.8 Å². The van der Waals surface area contributed by atoms with Gasteiger partial charge in [-0.15, -0.1) is 0 Å². The number of ketones is 1. The highest BCUT2D eigenvalue weighted by Crippen LogP contribution is 2.29. The van der Waals surface area contributed by atoms with Gasteiger partial charge in [-0.05, 0) is 31.7 Å². The van der Waals surface area contributed by atoms with Crippen molar-refractivity contribution in [3.8, 4) is 0 Å². The van der Waals surface area contributed by atoms with Crippen molar-refractivity contribution in [2.24, 2.45) is 17.8 Å². The van der Waals surface area contributed by atoms with Crippen LogP contribution in [0.1, 0.15) is 70.7 Å². The molecule has 1 saturated heterocycles. The van der Waals surface area contributed by atoms with Crippen molar-refractivity contribution >= 4 is 29.4 Å². The molecule has 1 heterocycles. The van der Waals surface area contributed by atoms with Crippen LogP contribution in [0, 0.1) is 17.8 Å². The molecule has 3 N–H and O–H groups in total. The number of Topliss-reactive ketones (excluding diaryl/α,β-unsaturated/α-hetero) is 1. The Morgan fingerprint density at radius 3 is 2.15 bits per heavy atom. The molecule has 12 nitrogen and oxygen atoms in total. The van der Waals surface area contributed by atoms with Crippen LogP contribution in [0.25, 0.3) is 0 Å². The maximum Gasteiger partial charge on any atom is 0.242 e. The van der Waals surface area contributed by atoms with Crippen molar-refractivity contribution in [2.75, 3.05) is 47.9 Å². The second-order valence-corrected chi connectivity index (χ2v) is 12.9. The summed E-state index contributed by atoms with van der Waals surface area (Å²) >= 11 is 0. The van der Waals surface area contributed by atoms with E-state index in [2.05, 4.69) is 16.0 Å². The number of amides is 4. The van der Waals surface area contributed by atoms with Gasteiger partial charge in [0.15, 0.2) is 5.78 Å². The van der Waals surface area contributed by atoms with E-state index in [4.69, 9.17) is 9.47 Å². The normalized spacial score (nSPS) is 18.5. The molecule has 0 bridgehead atoms. The summed E-state index contributed by atoms with van der Waals surface area (Å²) in [6.45, 7) is 9.85. The van der Waals surface area contributed by atoms with Gasteiger partial charge in [0.1, 0.15) is 0 Å². The topological polar surface area (TPSA) is 146 Å². The third kappa shape index (κ3) is 10.8. The smallest absolute Gasteiger partial charge is 0.242 e. The van der Waals surface area contributed by atoms with Crippen LogP contribution in [0.2, 0.25) is 0 Å². The molecule has 1 aliphatic heterocycles. The van der Waals surface area contributed by atoms with Gasteiger partial charge in [-0.3, -0.25) is 24.0 Å². The average molecular weight is 660 g/mol. The van der Waals surface area contributed by atoms with E-state index in [-0.39, 0.29) is 66.8 Å². The molecule has 2 rings (SSSR count). The zero-order chi connectivity index (χ0) is 35.3. The molecule has 47 heavy (non-hydrogen) atoms. The third-order valence-electron chi connectivity index (χ3n) is 9.50. The first-order chi connectivity index (χ1) is 22.3. The van der Waals surface area contributed by atoms with Gasteiger partial charge < -0.3 is 35.2 Å². The second-order valence-electron chi connectivity index (χ2n) is 12.9. The average Bonchev–Trinajstić information content (AvgIpc) is 3.55. The van der Waals surface area contributed by atoms with Crippen LogP contribution < -0.4 is 16.0 Å². The first kappa shape index (κ1) is 39.8. The molecule has 0 spiro atoms. The van der Waals surface area contributed by atoms with Gasteiger partial charge in [0.05, 0.1) is 55.8 Å². The van der Waals surface area contributed by atoms with Crippen molar-refractivity contribution in [3.05, 3.63) is 35.9 Å². The fraction of sp³-hybridized carbons (Fsp3) is 0.686. The van der Waals surface area contributed by atoms with E-state index >= 15 is 0 Å². The molecule has 4 amide bonds. The van der Waals surface area contributed by atoms with E-state index in [1.165, 1.54) is 14.2 Å². The maximum atomic E-state index is 13.9. The van der Waals surface area contributed by atoms with Crippen LogP contribution in [-0.4, -0.2) is 117 Å². The number of nitrogens with zero attached hydrogens (tertiary/aromatic N) is 2. The van der Waals surface area contributed by atoms with E-state index in [1.807, 2.05) is 33.8 Å². The number of carbonyl (C=O) groups excluding carboxylic acids is 5. The number of benzene rings is 1. The summed E-state index contributed by atoms with van der Waals surface area (Å²) in [4.78, 5) is 68.8. The molecule has 0 radical (unpaired) electrons. The Labute approximate surface area is 280 Å². The van der Waals surface area contributed by atoms with Crippen LogP contribution in [0.3, 0.4) is 0 Å². The molecule has 1 fully saturated rings. The SMILES string of the molecule is CC[C@H](C)C([C@@H](CC(=O)N1CCC[C@H]1[C@H](OC)[C@@H](C)C(=O)NCC(=O)c1ccccc1)OC)N(C)C(=O)CNC(=O)C(NC)C(C)C. The minimum atomic E-state index is -0.620. The Morgan fingerprint density at radius 2 is 1.60 bits per heavy atom. The first-order valence-electron chi connectivity index (χ1n) is 16.7. The summed E-state index contributed by atoms with van der Waals surface area (Å²) in [5.74, 6) is -1.76. The molecule has 1 aliphatic rings. The minimum Gasteiger partial charge on any atom is -0.379 e. The van der Waals surface area contributed by atoms with Crippen molar-refractivity contribution in [1.29, 1.82) is 0 Å². The zero-order valence-corrected chi connectivity index (χ0v) is 29.7. The molecule has 1 aromatic rings. The minimum absolute atomic E-state index is 0.00142. The van der Waals surface area contributed by atoms with Gasteiger partial charge in [-0.2, -0.15) is 0 Å². The highest BCUT2D eigenvalue weighted by molar-refractivity contribution is 5.99. The lowest BCUT2D eigenvalue weighted by molar-refractivity contribution is -0.145. The van der Waals surface area contributed by atoms with Gasteiger partial charge in [-0.1, -0.05) is 71.4 Å². The quantitative estimate of drug-likeness (QED) is 0.192. The molecular formula is C35H57N5O7. The fourth-order valence-electron chi connectivity index (χ4n) is 6.54. The van der Waals surface area contributed by atoms with Crippen LogP contribution in [-0.2, 0) is 28.7 Å². The van der Waals surface area contributed by atoms with Crippen molar-refractivity contribution in [1.82, 2.24) is 25.8 Å². The van der Waals surface area contributed by atoms with Crippen molar-refractivity contribution < 1.29 is 33.4 Å². The number of likely N-dealkylation sites (tertiary alicyclic amines) is 1. The van der Waals surface area contributed by atoms with Crippen LogP contribution >= 0.6 is 0 Å². The molecule has 12 heteroatoms. The zero-order valence-electron chi connectivity index (χ0n) is 29.7. The van der Waals surface area contributed by atoms with E-state index in [1.54, 1.807) is 55.1 Å². The number of rotatable bonds is 19. The Hall–Kier alpha value is -3.35. The summed E-state index contributed by atoms with van der Waals surface area (Å²) in [6.07, 6.45) is 1.01. The van der Waals surface area contributed by atoms with Crippen LogP contribution in [0.15, 0.2) is 30.3 Å². The maximum absolute atomic E-state index is 13.9. The van der Waals surface area contributed by atoms with E-state index < -0.39 is 30.2 Å². The lowest BCUT2D eigenvalue weighted by Crippen LogP contribution is -2.55. The van der Waals surface area contributed by atoms with Gasteiger partial charge in [-0.25, -0.2) is 0 Å². The lowest BCUT2D eigenvalue weighted by atomic mass is 9.90. The van der Waals surface area contributed by atoms with Gasteiger partial charge >= 0.3 is 0 Å². The standard InChI is InChI=1S/C35H57N5O7/c1-10-23(4)32(39(7)30(43)21-38-35(45)31(36-6)22(2)3)28(46-8)19-29(42)40-18-14-17-26(40)33(47-9)24(5)34(44)37-20-27(41)25-15-12-11-13-16-25/h11-13,15-16,22-24,26,28,31-33,36H,10,14,17-21H2,1-9H3,(H,37,44)(H,38,45)/t23-,24+,26-,28+,31?,32?,33+/m0/s1. The van der Waals surface area contributed by atoms with Crippen molar-refractivity contribution in [2.45, 2.75) is 90.6 Å². The summed E-state index contributed by atoms with van der Waals surface area (Å²) in [5.41, 5.74) is 0.519. The van der Waals surface area contributed by atoms with Gasteiger partial charge in [0.2, 0.25) is 23.6 Å². The fourth-order valence-corrected chi connectivity index (χ4v) is 6.54. The first-order valence-corrected chi connectivity index (χ1v) is 16.7. The molecule has 0 saturated carbocycles. The molecule has 0 aromatic heterocycles. The highest BCUT2D eigenvalue weighted by atomic mass is 16.5. The monoisotopic (exact) mass is 659 g/mol. The second kappa shape index (κ2) is 19.5. The summed E-state index contributed by atoms with van der Waals surface area (Å²) in [5, 5.41) is 8.46. The van der Waals surface area contributed by atoms with Crippen LogP contribution in [0.4, 0.5) is 0 Å². The van der Waals surface area contributed by atoms with Crippen LogP contribution in [0.5, 0.6) is 0 Å². The number of nitrogens with one attached hydrogen (secondary N) is 3. The third-order valence-corrected chi connectivity index (χ3v) is 9.50. The molecule has 264 valence electrons. The van der Waals surface area contributed by atoms with Crippen molar-refractivity contribution in [3.63, 3.8) is 0 Å². The molecule has 0 aliphatic carbocycles. The number of hydrogen-bond donors (Lipinski definition) is 3. The number of hydrogen-bond acceptors (Lipinski definition) is 8. The largest absolute Gasteiger partial charge is 0.379 e. The summed E-state index contributed by atoms with van der Waals surface area (Å²) in [7, 11) is 6.46. The molecular weight excluding hydrogens is 602 g/mol. The Balaban J connectivity index is 2.12. The van der Waals surface area contributed by atoms with Gasteiger partial charge in [0, 0.05) is 33.4 Å². The number of methoxy groups -OCH3 is 2. The Kier molecular flexibility index (Phi) is 16.5. The predicted molar refractivity (Wildman–Crippen MR) is 181 cm³/mol. The summed E-state index contributed by atoms with van der Waals surface area (Å²) < 4.78 is 11.7. The van der Waals surface area contributed by atoms with E-state index in [9.17, 15) is 24.0 Å². The number of carbonyl (C=O) groups is 5. The molecule has 1 aromatic carbocycles. The number of likely N-dealkylation sites (N-methyl/N-ethyl adjacent to an activating group) is 2. The summed E-state index contributed by atoms with van der Waals surface area (Å²) in [6, 6.07) is 7.59.